The van der Waals surface area contributed by atoms with E-state index in [1.807, 2.05) is 6.07 Å². The molecule has 0 aliphatic rings. The minimum Gasteiger partial charge on any atom is -0.452 e. The van der Waals surface area contributed by atoms with E-state index in [9.17, 15) is 9.36 Å². The molecule has 0 radical (unpaired) electrons. The summed E-state index contributed by atoms with van der Waals surface area (Å²) in [6.07, 6.45) is 12.3. The Morgan fingerprint density at radius 1 is 0.774 bits per heavy atom. The summed E-state index contributed by atoms with van der Waals surface area (Å²) in [5, 5.41) is 0. The molecule has 0 aliphatic carbocycles. The summed E-state index contributed by atoms with van der Waals surface area (Å²) in [6, 6.07) is 8.78. The maximum atomic E-state index is 13.8. The summed E-state index contributed by atoms with van der Waals surface area (Å²) in [5.41, 5.74) is 0.434. The van der Waals surface area contributed by atoms with Crippen LogP contribution in [0.15, 0.2) is 30.3 Å². The zero-order valence-corrected chi connectivity index (χ0v) is 20.6. The van der Waals surface area contributed by atoms with Gasteiger partial charge in [0.15, 0.2) is 0 Å². The van der Waals surface area contributed by atoms with Gasteiger partial charge >= 0.3 is 13.8 Å². The minimum atomic E-state index is -3.89. The zero-order valence-electron chi connectivity index (χ0n) is 19.7. The molecule has 0 N–H and O–H groups in total. The van der Waals surface area contributed by atoms with Crippen molar-refractivity contribution in [1.82, 2.24) is 0 Å². The van der Waals surface area contributed by atoms with Crippen molar-refractivity contribution >= 4 is 19.5 Å². The number of rotatable bonds is 18. The number of hydrogen-bond donors (Lipinski definition) is 0. The third-order valence-electron chi connectivity index (χ3n) is 5.10. The third-order valence-corrected chi connectivity index (χ3v) is 7.00. The second-order valence-electron chi connectivity index (χ2n) is 7.79. The summed E-state index contributed by atoms with van der Waals surface area (Å²) < 4.78 is 31.3. The van der Waals surface area contributed by atoms with E-state index in [0.717, 1.165) is 43.2 Å². The van der Waals surface area contributed by atoms with Crippen LogP contribution < -0.4 is 4.67 Å². The van der Waals surface area contributed by atoms with E-state index in [1.165, 1.54) is 45.6 Å². The highest BCUT2D eigenvalue weighted by molar-refractivity contribution is 7.56. The van der Waals surface area contributed by atoms with Crippen molar-refractivity contribution in [1.29, 1.82) is 0 Å². The third kappa shape index (κ3) is 11.2. The van der Waals surface area contributed by atoms with Crippen LogP contribution in [-0.2, 0) is 18.3 Å². The number of anilines is 1. The van der Waals surface area contributed by atoms with Crippen LogP contribution in [-0.4, -0.2) is 26.4 Å². The smallest absolute Gasteiger partial charge is 0.444 e. The Morgan fingerprint density at radius 2 is 1.23 bits per heavy atom. The van der Waals surface area contributed by atoms with Gasteiger partial charge in [0.1, 0.15) is 0 Å². The molecule has 0 atom stereocenters. The van der Waals surface area contributed by atoms with E-state index >= 15 is 0 Å². The SMILES string of the molecule is CCCCCCCCOP(=O)(OCCCCCCCC)N(C(=O)OC)c1ccccc1. The summed E-state index contributed by atoms with van der Waals surface area (Å²) in [7, 11) is -2.62. The van der Waals surface area contributed by atoms with Gasteiger partial charge < -0.3 is 4.74 Å². The molecular formula is C24H42NO5P. The van der Waals surface area contributed by atoms with E-state index in [1.54, 1.807) is 24.3 Å². The first-order valence-corrected chi connectivity index (χ1v) is 13.4. The lowest BCUT2D eigenvalue weighted by atomic mass is 10.1. The molecule has 6 nitrogen and oxygen atoms in total. The Hall–Kier alpha value is -1.36. The molecule has 7 heteroatoms. The highest BCUT2D eigenvalue weighted by atomic mass is 31.2. The van der Waals surface area contributed by atoms with Gasteiger partial charge in [-0.2, -0.15) is 4.67 Å². The summed E-state index contributed by atoms with van der Waals surface area (Å²) >= 11 is 0. The minimum absolute atomic E-state index is 0.278. The highest BCUT2D eigenvalue weighted by Crippen LogP contribution is 2.54. The lowest BCUT2D eigenvalue weighted by molar-refractivity contribution is 0.169. The predicted molar refractivity (Wildman–Crippen MR) is 128 cm³/mol. The van der Waals surface area contributed by atoms with Gasteiger partial charge in [-0.3, -0.25) is 9.05 Å². The summed E-state index contributed by atoms with van der Waals surface area (Å²) in [4.78, 5) is 12.5. The summed E-state index contributed by atoms with van der Waals surface area (Å²) in [5.74, 6) is 0. The lowest BCUT2D eigenvalue weighted by Crippen LogP contribution is -2.30. The standard InChI is InChI=1S/C24H42NO5P/c1-4-6-8-10-12-17-21-29-31(27,30-22-18-13-11-9-7-5-2)25(24(26)28-3)23-19-15-14-16-20-23/h14-16,19-20H,4-13,17-18,21-22H2,1-3H3. The molecule has 0 saturated heterocycles. The number of benzene rings is 1. The predicted octanol–water partition coefficient (Wildman–Crippen LogP) is 8.12. The van der Waals surface area contributed by atoms with Gasteiger partial charge in [-0.1, -0.05) is 96.3 Å². The molecule has 0 spiro atoms. The second kappa shape index (κ2) is 17.2. The maximum Gasteiger partial charge on any atom is 0.444 e. The molecule has 31 heavy (non-hydrogen) atoms. The van der Waals surface area contributed by atoms with Crippen LogP contribution >= 0.6 is 7.75 Å². The zero-order chi connectivity index (χ0) is 22.8. The Labute approximate surface area is 189 Å². The van der Waals surface area contributed by atoms with Crippen molar-refractivity contribution in [3.63, 3.8) is 0 Å². The Morgan fingerprint density at radius 3 is 1.68 bits per heavy atom. The van der Waals surface area contributed by atoms with Gasteiger partial charge in [-0.05, 0) is 25.0 Å². The number of carbonyl (C=O) groups excluding carboxylic acids is 1. The van der Waals surface area contributed by atoms with Crippen LogP contribution in [0.25, 0.3) is 0 Å². The number of methoxy groups -OCH3 is 1. The molecular weight excluding hydrogens is 413 g/mol. The fraction of sp³-hybridized carbons (Fsp3) is 0.708. The lowest BCUT2D eigenvalue weighted by Gasteiger charge is -2.29. The van der Waals surface area contributed by atoms with Gasteiger partial charge in [0.25, 0.3) is 0 Å². The summed E-state index contributed by atoms with van der Waals surface area (Å²) in [6.45, 7) is 4.93. The van der Waals surface area contributed by atoms with Gasteiger partial charge in [-0.25, -0.2) is 9.36 Å². The molecule has 1 aromatic carbocycles. The molecule has 1 aromatic rings. The average molecular weight is 456 g/mol. The highest BCUT2D eigenvalue weighted by Gasteiger charge is 2.40. The van der Waals surface area contributed by atoms with Crippen LogP contribution in [0, 0.1) is 0 Å². The van der Waals surface area contributed by atoms with Crippen LogP contribution in [0.5, 0.6) is 0 Å². The van der Waals surface area contributed by atoms with E-state index < -0.39 is 13.8 Å². The molecule has 0 aromatic heterocycles. The normalized spacial score (nSPS) is 11.5. The molecule has 1 amide bonds. The van der Waals surface area contributed by atoms with Gasteiger partial charge in [0, 0.05) is 0 Å². The number of carbonyl (C=O) groups is 1. The molecule has 0 bridgehead atoms. The number of nitrogens with zero attached hydrogens (tertiary/aromatic N) is 1. The van der Waals surface area contributed by atoms with Gasteiger partial charge in [0.2, 0.25) is 0 Å². The van der Waals surface area contributed by atoms with E-state index in [-0.39, 0.29) is 13.2 Å². The van der Waals surface area contributed by atoms with Crippen LogP contribution in [0.2, 0.25) is 0 Å². The molecule has 0 heterocycles. The number of hydrogen-bond acceptors (Lipinski definition) is 5. The van der Waals surface area contributed by atoms with Crippen molar-refractivity contribution in [2.45, 2.75) is 90.9 Å². The molecule has 178 valence electrons. The van der Waals surface area contributed by atoms with Gasteiger partial charge in [-0.15, -0.1) is 0 Å². The molecule has 1 rings (SSSR count). The Balaban J connectivity index is 2.76. The number of amides is 1. The van der Waals surface area contributed by atoms with Crippen molar-refractivity contribution in [2.24, 2.45) is 0 Å². The van der Waals surface area contributed by atoms with Crippen LogP contribution in [0.4, 0.5) is 10.5 Å². The first-order chi connectivity index (χ1) is 15.1. The quantitative estimate of drug-likeness (QED) is 0.165. The monoisotopic (exact) mass is 455 g/mol. The maximum absolute atomic E-state index is 13.8. The Kier molecular flexibility index (Phi) is 15.4. The van der Waals surface area contributed by atoms with Crippen LogP contribution in [0.3, 0.4) is 0 Å². The topological polar surface area (TPSA) is 65.1 Å². The van der Waals surface area contributed by atoms with E-state index in [4.69, 9.17) is 13.8 Å². The van der Waals surface area contributed by atoms with Crippen molar-refractivity contribution < 1.29 is 23.1 Å². The Bertz CT molecular complexity index is 604. The van der Waals surface area contributed by atoms with E-state index in [2.05, 4.69) is 13.8 Å². The number of para-hydroxylation sites is 1. The van der Waals surface area contributed by atoms with Crippen molar-refractivity contribution in [3.8, 4) is 0 Å². The second-order valence-corrected chi connectivity index (χ2v) is 9.64. The molecule has 0 aliphatic heterocycles. The average Bonchev–Trinajstić information content (AvgIpc) is 2.78. The first-order valence-electron chi connectivity index (χ1n) is 11.9. The fourth-order valence-corrected chi connectivity index (χ4v) is 5.00. The van der Waals surface area contributed by atoms with Crippen molar-refractivity contribution in [3.05, 3.63) is 30.3 Å². The first kappa shape index (κ1) is 27.7. The van der Waals surface area contributed by atoms with Crippen molar-refractivity contribution in [2.75, 3.05) is 25.0 Å². The molecule has 0 unspecified atom stereocenters. The number of ether oxygens (including phenoxy) is 1. The molecule has 0 fully saturated rings. The van der Waals surface area contributed by atoms with Crippen LogP contribution in [0.1, 0.15) is 90.9 Å². The van der Waals surface area contributed by atoms with Gasteiger partial charge in [0.05, 0.1) is 26.0 Å². The molecule has 0 saturated carbocycles. The van der Waals surface area contributed by atoms with E-state index in [0.29, 0.717) is 5.69 Å². The largest absolute Gasteiger partial charge is 0.452 e. The number of unbranched alkanes of at least 4 members (excludes halogenated alkanes) is 10. The fourth-order valence-electron chi connectivity index (χ4n) is 3.28.